The number of carboxylic acids is 1. The summed E-state index contributed by atoms with van der Waals surface area (Å²) in [6.07, 6.45) is 1.86. The van der Waals surface area contributed by atoms with Crippen molar-refractivity contribution in [1.29, 1.82) is 0 Å². The largest absolute Gasteiger partial charge is 0.490 e. The summed E-state index contributed by atoms with van der Waals surface area (Å²) in [6, 6.07) is 24.5. The van der Waals surface area contributed by atoms with E-state index in [2.05, 4.69) is 78.0 Å². The van der Waals surface area contributed by atoms with Crippen molar-refractivity contribution in [2.24, 2.45) is 4.99 Å². The van der Waals surface area contributed by atoms with Gasteiger partial charge in [-0.05, 0) is 79.4 Å². The van der Waals surface area contributed by atoms with Crippen LogP contribution in [-0.2, 0) is 17.6 Å². The topological polar surface area (TPSA) is 87.7 Å². The van der Waals surface area contributed by atoms with Gasteiger partial charge in [-0.15, -0.1) is 0 Å². The normalized spacial score (nSPS) is 11.7. The molecule has 8 heteroatoms. The van der Waals surface area contributed by atoms with Gasteiger partial charge in [0, 0.05) is 68.6 Å². The highest BCUT2D eigenvalue weighted by atomic mass is 16.5. The molecule has 3 aromatic carbocycles. The van der Waals surface area contributed by atoms with E-state index in [1.807, 2.05) is 44.4 Å². The number of aryl methyl sites for hydroxylation is 1. The van der Waals surface area contributed by atoms with Gasteiger partial charge in [-0.25, -0.2) is 0 Å². The Morgan fingerprint density at radius 1 is 0.872 bits per heavy atom. The van der Waals surface area contributed by atoms with E-state index in [0.717, 1.165) is 98.7 Å². The van der Waals surface area contributed by atoms with E-state index in [-0.39, 0.29) is 6.42 Å². The highest BCUT2D eigenvalue weighted by molar-refractivity contribution is 6.02. The molecule has 5 rings (SSSR count). The van der Waals surface area contributed by atoms with Gasteiger partial charge < -0.3 is 28.8 Å². The summed E-state index contributed by atoms with van der Waals surface area (Å²) in [5.74, 6) is 1.47. The minimum atomic E-state index is -0.854. The number of rotatable bonds is 14. The number of fused-ring (bicyclic) bond motifs is 2. The molecule has 8 nitrogen and oxygen atoms in total. The van der Waals surface area contributed by atoms with E-state index in [9.17, 15) is 9.90 Å². The number of nitrogens with zero attached hydrogens (tertiary/aromatic N) is 3. The van der Waals surface area contributed by atoms with Crippen LogP contribution in [0.25, 0.3) is 33.4 Å². The number of anilines is 2. The summed E-state index contributed by atoms with van der Waals surface area (Å²) in [5, 5.41) is 11.2. The number of ether oxygens (including phenoxy) is 2. The van der Waals surface area contributed by atoms with Crippen molar-refractivity contribution in [3.8, 4) is 33.9 Å². The molecule has 246 valence electrons. The fraction of sp³-hybridized carbons (Fsp3) is 0.333. The Balaban J connectivity index is 1.47. The van der Waals surface area contributed by atoms with Crippen molar-refractivity contribution in [2.75, 3.05) is 57.2 Å². The fourth-order valence-corrected chi connectivity index (χ4v) is 6.00. The van der Waals surface area contributed by atoms with Crippen molar-refractivity contribution in [1.82, 2.24) is 0 Å². The van der Waals surface area contributed by atoms with E-state index in [1.165, 1.54) is 0 Å². The fourth-order valence-electron chi connectivity index (χ4n) is 6.00. The first-order valence-electron chi connectivity index (χ1n) is 16.4. The molecule has 1 aliphatic heterocycles. The second-order valence-corrected chi connectivity index (χ2v) is 11.8. The summed E-state index contributed by atoms with van der Waals surface area (Å²) >= 11 is 0. The second kappa shape index (κ2) is 15.1. The molecule has 0 saturated heterocycles. The van der Waals surface area contributed by atoms with Gasteiger partial charge in [0.25, 0.3) is 0 Å². The lowest BCUT2D eigenvalue weighted by Gasteiger charge is -2.25. The summed E-state index contributed by atoms with van der Waals surface area (Å²) in [7, 11) is 5.83. The molecule has 2 aliphatic rings. The zero-order chi connectivity index (χ0) is 33.5. The van der Waals surface area contributed by atoms with E-state index in [4.69, 9.17) is 13.9 Å². The molecule has 0 spiro atoms. The molecule has 0 aromatic heterocycles. The first-order valence-corrected chi connectivity index (χ1v) is 16.4. The zero-order valence-electron chi connectivity index (χ0n) is 28.3. The van der Waals surface area contributed by atoms with Crippen LogP contribution in [0.5, 0.6) is 11.5 Å². The van der Waals surface area contributed by atoms with E-state index < -0.39 is 5.97 Å². The van der Waals surface area contributed by atoms with Gasteiger partial charge in [-0.3, -0.25) is 9.79 Å². The molecule has 0 saturated carbocycles. The lowest BCUT2D eigenvalue weighted by atomic mass is 9.92. The second-order valence-electron chi connectivity index (χ2n) is 11.8. The van der Waals surface area contributed by atoms with Gasteiger partial charge in [0.05, 0.1) is 17.5 Å². The van der Waals surface area contributed by atoms with Crippen molar-refractivity contribution in [3.63, 3.8) is 0 Å². The third kappa shape index (κ3) is 7.54. The van der Waals surface area contributed by atoms with E-state index >= 15 is 0 Å². The minimum Gasteiger partial charge on any atom is -0.490 e. The van der Waals surface area contributed by atoms with Crippen LogP contribution < -0.4 is 24.6 Å². The summed E-state index contributed by atoms with van der Waals surface area (Å²) < 4.78 is 19.2. The van der Waals surface area contributed by atoms with Crippen molar-refractivity contribution in [2.45, 2.75) is 40.0 Å². The number of benzene rings is 4. The van der Waals surface area contributed by atoms with Crippen LogP contribution in [0.15, 0.2) is 82.2 Å². The molecule has 0 atom stereocenters. The van der Waals surface area contributed by atoms with Gasteiger partial charge in [-0.2, -0.15) is 0 Å². The first-order chi connectivity index (χ1) is 22.8. The van der Waals surface area contributed by atoms with Gasteiger partial charge in [0.2, 0.25) is 0 Å². The van der Waals surface area contributed by atoms with Crippen LogP contribution >= 0.6 is 0 Å². The monoisotopic (exact) mass is 635 g/mol. The number of carbonyl (C=O) groups is 1. The molecule has 47 heavy (non-hydrogen) atoms. The summed E-state index contributed by atoms with van der Waals surface area (Å²) in [5.41, 5.74) is 7.80. The van der Waals surface area contributed by atoms with E-state index in [0.29, 0.717) is 13.2 Å². The summed E-state index contributed by atoms with van der Waals surface area (Å²) in [4.78, 5) is 19.9. The molecule has 0 amide bonds. The maximum Gasteiger partial charge on any atom is 0.307 e. The van der Waals surface area contributed by atoms with Gasteiger partial charge in [-0.1, -0.05) is 31.5 Å². The molecule has 1 aliphatic carbocycles. The molecule has 0 bridgehead atoms. The molecule has 1 N–H and O–H groups in total. The first kappa shape index (κ1) is 33.4. The molecule has 0 fully saturated rings. The van der Waals surface area contributed by atoms with E-state index in [1.54, 1.807) is 7.05 Å². The Labute approximate surface area is 277 Å². The maximum absolute atomic E-state index is 11.3. The lowest BCUT2D eigenvalue weighted by molar-refractivity contribution is -0.136. The van der Waals surface area contributed by atoms with Crippen LogP contribution in [0.4, 0.5) is 11.4 Å². The van der Waals surface area contributed by atoms with Crippen molar-refractivity contribution < 1.29 is 23.8 Å². The third-order valence-corrected chi connectivity index (χ3v) is 8.42. The Morgan fingerprint density at radius 2 is 1.64 bits per heavy atom. The number of carboxylic acid groups (broad SMARTS) is 1. The maximum atomic E-state index is 11.3. The highest BCUT2D eigenvalue weighted by Gasteiger charge is 2.19. The van der Waals surface area contributed by atoms with Crippen LogP contribution in [0, 0.1) is 0 Å². The van der Waals surface area contributed by atoms with Crippen LogP contribution in [0.2, 0.25) is 0 Å². The molecule has 1 heterocycles. The SMILES string of the molecule is CCCc1ccc(-c2c3ccc(=NC)cc-3oc3cc(N(C)C)ccc23)cc1OCCOc1ccc(CC(=O)O)cc1N(CC)CC. The van der Waals surface area contributed by atoms with Gasteiger partial charge in [0.15, 0.2) is 0 Å². The van der Waals surface area contributed by atoms with Crippen LogP contribution in [-0.4, -0.2) is 58.5 Å². The molecule has 0 unspecified atom stereocenters. The third-order valence-electron chi connectivity index (χ3n) is 8.42. The van der Waals surface area contributed by atoms with Crippen LogP contribution in [0.1, 0.15) is 38.3 Å². The predicted octanol–water partition coefficient (Wildman–Crippen LogP) is 7.68. The average Bonchev–Trinajstić information content (AvgIpc) is 3.06. The standard InChI is InChI=1S/C39H45N3O5/c1-7-10-27-12-13-28(39-31-16-14-29(40-4)24-36(31)47-37-25-30(41(5)6)15-17-32(37)39)23-35(27)46-20-19-45-34-18-11-26(22-38(43)44)21-33(34)42(8-2)9-3/h11-18,21,23-25H,7-10,19-20,22H2,1-6H3,(H,43,44). The Morgan fingerprint density at radius 3 is 2.32 bits per heavy atom. The Hall–Kier alpha value is -4.98. The van der Waals surface area contributed by atoms with Crippen molar-refractivity contribution >= 4 is 28.3 Å². The molecular formula is C39H45N3O5. The quantitative estimate of drug-likeness (QED) is 0.0989. The van der Waals surface area contributed by atoms with Crippen molar-refractivity contribution in [3.05, 3.63) is 89.3 Å². The molecule has 3 aromatic rings. The summed E-state index contributed by atoms with van der Waals surface area (Å²) in [6.45, 7) is 8.59. The number of aliphatic carboxylic acids is 1. The molecular weight excluding hydrogens is 590 g/mol. The average molecular weight is 636 g/mol. The van der Waals surface area contributed by atoms with Crippen LogP contribution in [0.3, 0.4) is 0 Å². The number of hydrogen-bond acceptors (Lipinski definition) is 7. The minimum absolute atomic E-state index is 0.0276. The Kier molecular flexibility index (Phi) is 10.7. The number of hydrogen-bond donors (Lipinski definition) is 1. The zero-order valence-corrected chi connectivity index (χ0v) is 28.3. The highest BCUT2D eigenvalue weighted by Crippen LogP contribution is 2.42. The predicted molar refractivity (Wildman–Crippen MR) is 190 cm³/mol. The smallest absolute Gasteiger partial charge is 0.307 e. The lowest BCUT2D eigenvalue weighted by Crippen LogP contribution is -2.23. The molecule has 0 radical (unpaired) electrons. The Bertz CT molecular complexity index is 1890. The van der Waals surface area contributed by atoms with Gasteiger partial charge >= 0.3 is 5.97 Å². The van der Waals surface area contributed by atoms with Gasteiger partial charge in [0.1, 0.15) is 36.1 Å².